The number of likely N-dealkylation sites (tertiary alicyclic amines) is 1. The van der Waals surface area contributed by atoms with Crippen LogP contribution in [0.2, 0.25) is 0 Å². The highest BCUT2D eigenvalue weighted by molar-refractivity contribution is 6.04. The number of ether oxygens (including phenoxy) is 1. The van der Waals surface area contributed by atoms with Gasteiger partial charge >= 0.3 is 0 Å². The van der Waals surface area contributed by atoms with Gasteiger partial charge in [-0.2, -0.15) is 0 Å². The van der Waals surface area contributed by atoms with Crippen molar-refractivity contribution >= 4 is 17.5 Å². The lowest BCUT2D eigenvalue weighted by molar-refractivity contribution is 0.0588. The number of nitrogens with one attached hydrogen (secondary N) is 1. The monoisotopic (exact) mass is 440 g/mol. The van der Waals surface area contributed by atoms with E-state index in [1.165, 1.54) is 12.3 Å². The molecule has 0 saturated carbocycles. The maximum Gasteiger partial charge on any atom is 0.291 e. The molecule has 4 rings (SSSR count). The number of hydrogen-bond acceptors (Lipinski definition) is 4. The third-order valence-corrected chi connectivity index (χ3v) is 5.39. The Bertz CT molecular complexity index is 1120. The maximum atomic E-state index is 13.8. The van der Waals surface area contributed by atoms with Gasteiger partial charge in [-0.25, -0.2) is 8.78 Å². The Morgan fingerprint density at radius 3 is 2.56 bits per heavy atom. The number of anilines is 1. The Morgan fingerprint density at radius 1 is 1.09 bits per heavy atom. The predicted octanol–water partition coefficient (Wildman–Crippen LogP) is 4.80. The van der Waals surface area contributed by atoms with Crippen molar-refractivity contribution in [1.82, 2.24) is 4.90 Å². The molecule has 0 aliphatic carbocycles. The second-order valence-electron chi connectivity index (χ2n) is 7.65. The Labute approximate surface area is 183 Å². The van der Waals surface area contributed by atoms with Gasteiger partial charge in [0.2, 0.25) is 0 Å². The molecule has 2 amide bonds. The molecule has 1 aromatic heterocycles. The third-order valence-electron chi connectivity index (χ3n) is 5.39. The first-order valence-electron chi connectivity index (χ1n) is 10.3. The molecule has 1 aliphatic heterocycles. The SMILES string of the molecule is Cc1ccc(C(=O)N2CCC(Oc3ccc(F)cc3F)CC2)cc1NC(=O)c1ccco1. The summed E-state index contributed by atoms with van der Waals surface area (Å²) in [4.78, 5) is 27.0. The molecule has 1 fully saturated rings. The highest BCUT2D eigenvalue weighted by Crippen LogP contribution is 2.25. The minimum Gasteiger partial charge on any atom is -0.487 e. The molecule has 6 nitrogen and oxygen atoms in total. The zero-order valence-corrected chi connectivity index (χ0v) is 17.4. The van der Waals surface area contributed by atoms with Crippen molar-refractivity contribution in [1.29, 1.82) is 0 Å². The molecule has 166 valence electrons. The van der Waals surface area contributed by atoms with Crippen LogP contribution < -0.4 is 10.1 Å². The molecule has 0 radical (unpaired) electrons. The fraction of sp³-hybridized carbons (Fsp3) is 0.250. The van der Waals surface area contributed by atoms with Gasteiger partial charge in [0.25, 0.3) is 11.8 Å². The Hall–Kier alpha value is -3.68. The Balaban J connectivity index is 1.38. The van der Waals surface area contributed by atoms with Gasteiger partial charge in [-0.3, -0.25) is 9.59 Å². The van der Waals surface area contributed by atoms with Crippen molar-refractivity contribution in [3.8, 4) is 5.75 Å². The first kappa shape index (κ1) is 21.5. The van der Waals surface area contributed by atoms with E-state index in [0.717, 1.165) is 17.7 Å². The van der Waals surface area contributed by atoms with Crippen LogP contribution in [0.15, 0.2) is 59.2 Å². The van der Waals surface area contributed by atoms with Crippen LogP contribution in [0, 0.1) is 18.6 Å². The van der Waals surface area contributed by atoms with Crippen molar-refractivity contribution in [2.75, 3.05) is 18.4 Å². The van der Waals surface area contributed by atoms with E-state index in [-0.39, 0.29) is 23.5 Å². The topological polar surface area (TPSA) is 71.8 Å². The van der Waals surface area contributed by atoms with Crippen LogP contribution in [0.4, 0.5) is 14.5 Å². The average molecular weight is 440 g/mol. The number of carbonyl (C=O) groups is 2. The highest BCUT2D eigenvalue weighted by atomic mass is 19.1. The van der Waals surface area contributed by atoms with Gasteiger partial charge in [0.1, 0.15) is 11.9 Å². The second kappa shape index (κ2) is 9.21. The molecular formula is C24H22F2N2O4. The zero-order chi connectivity index (χ0) is 22.7. The lowest BCUT2D eigenvalue weighted by atomic mass is 10.0. The van der Waals surface area contributed by atoms with E-state index < -0.39 is 17.5 Å². The lowest BCUT2D eigenvalue weighted by Crippen LogP contribution is -2.41. The summed E-state index contributed by atoms with van der Waals surface area (Å²) >= 11 is 0. The largest absolute Gasteiger partial charge is 0.487 e. The van der Waals surface area contributed by atoms with Crippen LogP contribution in [0.5, 0.6) is 5.75 Å². The molecule has 0 atom stereocenters. The number of piperidine rings is 1. The predicted molar refractivity (Wildman–Crippen MR) is 114 cm³/mol. The summed E-state index contributed by atoms with van der Waals surface area (Å²) < 4.78 is 37.6. The Morgan fingerprint density at radius 2 is 1.88 bits per heavy atom. The van der Waals surface area contributed by atoms with E-state index in [1.54, 1.807) is 35.2 Å². The molecule has 2 aromatic carbocycles. The summed E-state index contributed by atoms with van der Waals surface area (Å²) in [5.41, 5.74) is 1.80. The van der Waals surface area contributed by atoms with Crippen LogP contribution in [0.25, 0.3) is 0 Å². The molecule has 1 aliphatic rings. The average Bonchev–Trinajstić information content (AvgIpc) is 3.32. The molecule has 2 heterocycles. The van der Waals surface area contributed by atoms with E-state index in [2.05, 4.69) is 5.32 Å². The first-order chi connectivity index (χ1) is 15.4. The van der Waals surface area contributed by atoms with E-state index in [0.29, 0.717) is 37.2 Å². The summed E-state index contributed by atoms with van der Waals surface area (Å²) in [6.07, 6.45) is 2.20. The number of hydrogen-bond donors (Lipinski definition) is 1. The second-order valence-corrected chi connectivity index (χ2v) is 7.65. The number of amides is 2. The van der Waals surface area contributed by atoms with Crippen molar-refractivity contribution in [3.05, 3.63) is 83.3 Å². The normalized spacial score (nSPS) is 14.3. The van der Waals surface area contributed by atoms with Crippen LogP contribution in [-0.4, -0.2) is 35.9 Å². The molecule has 1 N–H and O–H groups in total. The van der Waals surface area contributed by atoms with Gasteiger partial charge in [0.15, 0.2) is 17.3 Å². The summed E-state index contributed by atoms with van der Waals surface area (Å²) in [5, 5.41) is 2.77. The van der Waals surface area contributed by atoms with Crippen molar-refractivity contribution in [2.24, 2.45) is 0 Å². The number of rotatable bonds is 5. The number of carbonyl (C=O) groups excluding carboxylic acids is 2. The van der Waals surface area contributed by atoms with Gasteiger partial charge in [0.05, 0.1) is 6.26 Å². The maximum absolute atomic E-state index is 13.8. The van der Waals surface area contributed by atoms with Crippen LogP contribution in [-0.2, 0) is 0 Å². The van der Waals surface area contributed by atoms with E-state index >= 15 is 0 Å². The molecule has 1 saturated heterocycles. The first-order valence-corrected chi connectivity index (χ1v) is 10.3. The number of halogens is 2. The molecule has 0 spiro atoms. The smallest absolute Gasteiger partial charge is 0.291 e. The van der Waals surface area contributed by atoms with Crippen LogP contribution in [0.1, 0.15) is 39.3 Å². The van der Waals surface area contributed by atoms with Crippen molar-refractivity contribution in [2.45, 2.75) is 25.9 Å². The quantitative estimate of drug-likeness (QED) is 0.619. The van der Waals surface area contributed by atoms with Gasteiger partial charge in [0, 0.05) is 43.2 Å². The third kappa shape index (κ3) is 4.80. The molecule has 0 bridgehead atoms. The molecule has 8 heteroatoms. The number of benzene rings is 2. The Kier molecular flexibility index (Phi) is 6.20. The number of furan rings is 1. The number of nitrogens with zero attached hydrogens (tertiary/aromatic N) is 1. The summed E-state index contributed by atoms with van der Waals surface area (Å²) in [6.45, 7) is 2.71. The number of aryl methyl sites for hydroxylation is 1. The van der Waals surface area contributed by atoms with Crippen molar-refractivity contribution < 1.29 is 27.5 Å². The zero-order valence-electron chi connectivity index (χ0n) is 17.4. The van der Waals surface area contributed by atoms with Gasteiger partial charge in [-0.1, -0.05) is 6.07 Å². The van der Waals surface area contributed by atoms with Gasteiger partial charge in [-0.05, 0) is 48.9 Å². The van der Waals surface area contributed by atoms with Gasteiger partial charge < -0.3 is 19.4 Å². The van der Waals surface area contributed by atoms with Crippen molar-refractivity contribution in [3.63, 3.8) is 0 Å². The van der Waals surface area contributed by atoms with Gasteiger partial charge in [-0.15, -0.1) is 0 Å². The molecule has 32 heavy (non-hydrogen) atoms. The summed E-state index contributed by atoms with van der Waals surface area (Å²) in [6, 6.07) is 11.5. The minimum atomic E-state index is -0.743. The summed E-state index contributed by atoms with van der Waals surface area (Å²) in [7, 11) is 0. The molecule has 3 aromatic rings. The van der Waals surface area contributed by atoms with E-state index in [9.17, 15) is 18.4 Å². The standard InChI is InChI=1S/C24H22F2N2O4/c1-15-4-5-16(13-20(15)27-23(29)22-3-2-12-31-22)24(30)28-10-8-18(9-11-28)32-21-7-6-17(25)14-19(21)26/h2-7,12-14,18H,8-11H2,1H3,(H,27,29). The van der Waals surface area contributed by atoms with E-state index in [1.807, 2.05) is 6.92 Å². The fourth-order valence-electron chi connectivity index (χ4n) is 3.59. The minimum absolute atomic E-state index is 0.00616. The van der Waals surface area contributed by atoms with Crippen LogP contribution >= 0.6 is 0 Å². The fourth-order valence-corrected chi connectivity index (χ4v) is 3.59. The molecular weight excluding hydrogens is 418 g/mol. The lowest BCUT2D eigenvalue weighted by Gasteiger charge is -2.32. The molecule has 0 unspecified atom stereocenters. The van der Waals surface area contributed by atoms with Crippen LogP contribution in [0.3, 0.4) is 0 Å². The van der Waals surface area contributed by atoms with E-state index in [4.69, 9.17) is 9.15 Å². The summed E-state index contributed by atoms with van der Waals surface area (Å²) in [5.74, 6) is -1.77. The highest BCUT2D eigenvalue weighted by Gasteiger charge is 2.26.